The van der Waals surface area contributed by atoms with Gasteiger partial charge in [0, 0.05) is 25.9 Å². The molecular formula is C16H22N2O4. The predicted molar refractivity (Wildman–Crippen MR) is 82.3 cm³/mol. The molecule has 1 atom stereocenters. The molecule has 1 aromatic rings. The summed E-state index contributed by atoms with van der Waals surface area (Å²) in [7, 11) is 1.62. The van der Waals surface area contributed by atoms with E-state index in [-0.39, 0.29) is 12.2 Å². The molecule has 120 valence electrons. The highest BCUT2D eigenvalue weighted by molar-refractivity contribution is 6.39. The third kappa shape index (κ3) is 4.05. The van der Waals surface area contributed by atoms with Crippen LogP contribution in [0.4, 0.5) is 5.69 Å². The number of nitrogens with one attached hydrogen (secondary N) is 1. The highest BCUT2D eigenvalue weighted by atomic mass is 16.5. The van der Waals surface area contributed by atoms with E-state index in [0.717, 1.165) is 5.56 Å². The van der Waals surface area contributed by atoms with E-state index in [2.05, 4.69) is 5.32 Å². The first kappa shape index (κ1) is 16.5. The first-order chi connectivity index (χ1) is 10.5. The van der Waals surface area contributed by atoms with Gasteiger partial charge in [-0.25, -0.2) is 0 Å². The van der Waals surface area contributed by atoms with Crippen LogP contribution in [0.1, 0.15) is 31.4 Å². The van der Waals surface area contributed by atoms with Gasteiger partial charge in [0.05, 0.1) is 12.2 Å². The van der Waals surface area contributed by atoms with Crippen molar-refractivity contribution in [3.63, 3.8) is 0 Å². The number of nitrogens with zero attached hydrogens (tertiary/aromatic N) is 1. The molecule has 0 aliphatic carbocycles. The summed E-state index contributed by atoms with van der Waals surface area (Å²) in [5.74, 6) is -1.21. The normalized spacial score (nSPS) is 17.1. The molecule has 1 aromatic carbocycles. The van der Waals surface area contributed by atoms with Gasteiger partial charge in [0.15, 0.2) is 0 Å². The number of carbonyl (C=O) groups is 2. The van der Waals surface area contributed by atoms with Gasteiger partial charge in [-0.05, 0) is 37.5 Å². The predicted octanol–water partition coefficient (Wildman–Crippen LogP) is 1.32. The number of piperidine rings is 1. The summed E-state index contributed by atoms with van der Waals surface area (Å²) in [4.78, 5) is 25.6. The van der Waals surface area contributed by atoms with Crippen molar-refractivity contribution in [2.24, 2.45) is 0 Å². The Kier molecular flexibility index (Phi) is 5.51. The molecule has 1 aliphatic heterocycles. The van der Waals surface area contributed by atoms with Crippen molar-refractivity contribution in [2.75, 3.05) is 25.5 Å². The van der Waals surface area contributed by atoms with E-state index in [1.54, 1.807) is 19.2 Å². The second-order valence-electron chi connectivity index (χ2n) is 5.48. The molecule has 1 fully saturated rings. The number of rotatable bonds is 3. The molecule has 0 unspecified atom stereocenters. The lowest BCUT2D eigenvalue weighted by molar-refractivity contribution is -0.144. The molecule has 22 heavy (non-hydrogen) atoms. The van der Waals surface area contributed by atoms with Crippen LogP contribution in [0.25, 0.3) is 0 Å². The van der Waals surface area contributed by atoms with E-state index < -0.39 is 11.8 Å². The Labute approximate surface area is 130 Å². The molecule has 0 radical (unpaired) electrons. The summed E-state index contributed by atoms with van der Waals surface area (Å²) >= 11 is 0. The minimum atomic E-state index is -0.654. The van der Waals surface area contributed by atoms with Crippen LogP contribution in [0, 0.1) is 0 Å². The van der Waals surface area contributed by atoms with Gasteiger partial charge in [0.25, 0.3) is 0 Å². The molecule has 0 saturated carbocycles. The van der Waals surface area contributed by atoms with Crippen LogP contribution in [0.5, 0.6) is 0 Å². The summed E-state index contributed by atoms with van der Waals surface area (Å²) < 4.78 is 5.24. The number of anilines is 1. The van der Waals surface area contributed by atoms with Crippen molar-refractivity contribution in [2.45, 2.75) is 32.0 Å². The molecule has 1 saturated heterocycles. The van der Waals surface area contributed by atoms with E-state index in [1.165, 1.54) is 4.90 Å². The van der Waals surface area contributed by atoms with E-state index in [9.17, 15) is 14.7 Å². The summed E-state index contributed by atoms with van der Waals surface area (Å²) in [6.45, 7) is 2.73. The van der Waals surface area contributed by atoms with Gasteiger partial charge in [-0.3, -0.25) is 9.59 Å². The molecule has 6 nitrogen and oxygen atoms in total. The molecule has 1 aliphatic rings. The SMILES string of the molecule is CO[C@H](C)c1cccc(NC(=O)C(=O)N2CCC(O)CC2)c1. The summed E-state index contributed by atoms with van der Waals surface area (Å²) in [6, 6.07) is 7.23. The van der Waals surface area contributed by atoms with Crippen LogP contribution < -0.4 is 5.32 Å². The average molecular weight is 306 g/mol. The van der Waals surface area contributed by atoms with Crippen molar-refractivity contribution in [1.29, 1.82) is 0 Å². The average Bonchev–Trinajstić information content (AvgIpc) is 2.54. The Morgan fingerprint density at radius 3 is 2.68 bits per heavy atom. The fourth-order valence-corrected chi connectivity index (χ4v) is 2.40. The number of methoxy groups -OCH3 is 1. The Bertz CT molecular complexity index is 539. The summed E-state index contributed by atoms with van der Waals surface area (Å²) in [6.07, 6.45) is 0.565. The first-order valence-electron chi connectivity index (χ1n) is 7.42. The van der Waals surface area contributed by atoms with Gasteiger partial charge in [0.1, 0.15) is 0 Å². The monoisotopic (exact) mass is 306 g/mol. The lowest BCUT2D eigenvalue weighted by atomic mass is 10.1. The van der Waals surface area contributed by atoms with Gasteiger partial charge >= 0.3 is 11.8 Å². The number of hydrogen-bond donors (Lipinski definition) is 2. The van der Waals surface area contributed by atoms with Gasteiger partial charge < -0.3 is 20.1 Å². The fourth-order valence-electron chi connectivity index (χ4n) is 2.40. The largest absolute Gasteiger partial charge is 0.393 e. The smallest absolute Gasteiger partial charge is 0.313 e. The van der Waals surface area contributed by atoms with E-state index in [1.807, 2.05) is 19.1 Å². The van der Waals surface area contributed by atoms with E-state index in [0.29, 0.717) is 31.6 Å². The maximum absolute atomic E-state index is 12.1. The zero-order valence-corrected chi connectivity index (χ0v) is 12.9. The number of hydrogen-bond acceptors (Lipinski definition) is 4. The Morgan fingerprint density at radius 2 is 2.05 bits per heavy atom. The van der Waals surface area contributed by atoms with Crippen LogP contribution in [-0.2, 0) is 14.3 Å². The molecule has 0 aromatic heterocycles. The lowest BCUT2D eigenvalue weighted by Gasteiger charge is -2.28. The molecule has 2 rings (SSSR count). The van der Waals surface area contributed by atoms with Crippen molar-refractivity contribution >= 4 is 17.5 Å². The molecule has 2 N–H and O–H groups in total. The van der Waals surface area contributed by atoms with Crippen LogP contribution in [0.3, 0.4) is 0 Å². The third-order valence-corrected chi connectivity index (χ3v) is 3.91. The number of ether oxygens (including phenoxy) is 1. The molecule has 0 spiro atoms. The summed E-state index contributed by atoms with van der Waals surface area (Å²) in [5, 5.41) is 12.1. The molecule has 1 heterocycles. The second kappa shape index (κ2) is 7.38. The first-order valence-corrected chi connectivity index (χ1v) is 7.42. The Morgan fingerprint density at radius 1 is 1.36 bits per heavy atom. The van der Waals surface area contributed by atoms with Gasteiger partial charge in [-0.1, -0.05) is 12.1 Å². The quantitative estimate of drug-likeness (QED) is 0.826. The summed E-state index contributed by atoms with van der Waals surface area (Å²) in [5.41, 5.74) is 1.49. The van der Waals surface area contributed by atoms with Crippen molar-refractivity contribution in [1.82, 2.24) is 4.90 Å². The number of aliphatic hydroxyl groups is 1. The van der Waals surface area contributed by atoms with Crippen molar-refractivity contribution < 1.29 is 19.4 Å². The van der Waals surface area contributed by atoms with Crippen LogP contribution >= 0.6 is 0 Å². The highest BCUT2D eigenvalue weighted by Gasteiger charge is 2.26. The Hall–Kier alpha value is -1.92. The molecular weight excluding hydrogens is 284 g/mol. The second-order valence-corrected chi connectivity index (χ2v) is 5.48. The number of likely N-dealkylation sites (tertiary alicyclic amines) is 1. The highest BCUT2D eigenvalue weighted by Crippen LogP contribution is 2.19. The van der Waals surface area contributed by atoms with Crippen LogP contribution in [-0.4, -0.2) is 48.1 Å². The number of benzene rings is 1. The maximum atomic E-state index is 12.1. The molecule has 6 heteroatoms. The van der Waals surface area contributed by atoms with Crippen molar-refractivity contribution in [3.8, 4) is 0 Å². The standard InChI is InChI=1S/C16H22N2O4/c1-11(22-2)12-4-3-5-13(10-12)17-15(20)16(21)18-8-6-14(19)7-9-18/h3-5,10-11,14,19H,6-9H2,1-2H3,(H,17,20)/t11-/m1/s1. The fraction of sp³-hybridized carbons (Fsp3) is 0.500. The van der Waals surface area contributed by atoms with Crippen LogP contribution in [0.15, 0.2) is 24.3 Å². The van der Waals surface area contributed by atoms with E-state index >= 15 is 0 Å². The zero-order valence-electron chi connectivity index (χ0n) is 12.9. The number of amides is 2. The van der Waals surface area contributed by atoms with E-state index in [4.69, 9.17) is 4.74 Å². The minimum absolute atomic E-state index is 0.0869. The number of aliphatic hydroxyl groups excluding tert-OH is 1. The topological polar surface area (TPSA) is 78.9 Å². The zero-order chi connectivity index (χ0) is 16.1. The number of carbonyl (C=O) groups excluding carboxylic acids is 2. The minimum Gasteiger partial charge on any atom is -0.393 e. The van der Waals surface area contributed by atoms with Gasteiger partial charge in [0.2, 0.25) is 0 Å². The third-order valence-electron chi connectivity index (χ3n) is 3.91. The van der Waals surface area contributed by atoms with Crippen molar-refractivity contribution in [3.05, 3.63) is 29.8 Å². The Balaban J connectivity index is 1.98. The maximum Gasteiger partial charge on any atom is 0.313 e. The van der Waals surface area contributed by atoms with Crippen LogP contribution in [0.2, 0.25) is 0 Å². The molecule has 2 amide bonds. The lowest BCUT2D eigenvalue weighted by Crippen LogP contribution is -2.45. The van der Waals surface area contributed by atoms with Gasteiger partial charge in [-0.2, -0.15) is 0 Å². The molecule has 0 bridgehead atoms. The van der Waals surface area contributed by atoms with Gasteiger partial charge in [-0.15, -0.1) is 0 Å².